The van der Waals surface area contributed by atoms with E-state index in [0.29, 0.717) is 16.3 Å². The minimum atomic E-state index is -0.332. The fourth-order valence-electron chi connectivity index (χ4n) is 3.35. The number of unbranched alkanes of at least 4 members (excludes halogenated alkanes) is 4. The second-order valence-electron chi connectivity index (χ2n) is 6.95. The molecule has 0 fully saturated rings. The van der Waals surface area contributed by atoms with Gasteiger partial charge in [-0.1, -0.05) is 62.1 Å². The standard InChI is InChI=1S/C21H23N5OS/c1-2-3-4-5-6-11-18-25-26-19(22)16(20(27)24-21(26)28-18)12-14-13-23-17-10-8-7-9-15(14)17/h7-10,12-13H,2-6,11,22H2,1H3. The molecule has 0 aliphatic carbocycles. The lowest BCUT2D eigenvalue weighted by atomic mass is 10.1. The van der Waals surface area contributed by atoms with Gasteiger partial charge in [0.15, 0.2) is 0 Å². The summed E-state index contributed by atoms with van der Waals surface area (Å²) in [7, 11) is 0. The van der Waals surface area contributed by atoms with E-state index < -0.39 is 0 Å². The molecule has 3 heterocycles. The third kappa shape index (κ3) is 3.62. The number of hydrogen-bond acceptors (Lipinski definition) is 6. The van der Waals surface area contributed by atoms with Gasteiger partial charge in [-0.3, -0.25) is 9.79 Å². The fraction of sp³-hybridized carbons (Fsp3) is 0.333. The van der Waals surface area contributed by atoms with Crippen molar-refractivity contribution in [3.63, 3.8) is 0 Å². The van der Waals surface area contributed by atoms with Crippen molar-refractivity contribution in [2.45, 2.75) is 45.4 Å². The first-order valence-electron chi connectivity index (χ1n) is 9.70. The second-order valence-corrected chi connectivity index (χ2v) is 7.99. The molecular formula is C21H23N5OS. The normalized spacial score (nSPS) is 14.2. The summed E-state index contributed by atoms with van der Waals surface area (Å²) in [6.45, 7) is 2.21. The number of fused-ring (bicyclic) bond motifs is 2. The van der Waals surface area contributed by atoms with Gasteiger partial charge in [0.2, 0.25) is 4.96 Å². The zero-order valence-corrected chi connectivity index (χ0v) is 16.7. The van der Waals surface area contributed by atoms with Crippen molar-refractivity contribution in [1.29, 1.82) is 0 Å². The number of aliphatic imine (C=N–C) groups is 1. The molecule has 2 aromatic heterocycles. The van der Waals surface area contributed by atoms with Crippen molar-refractivity contribution in [2.24, 2.45) is 4.99 Å². The van der Waals surface area contributed by atoms with Crippen molar-refractivity contribution >= 4 is 45.7 Å². The molecular weight excluding hydrogens is 370 g/mol. The summed E-state index contributed by atoms with van der Waals surface area (Å²) in [5.41, 5.74) is 9.06. The van der Waals surface area contributed by atoms with Crippen LogP contribution in [0.5, 0.6) is 0 Å². The molecule has 0 saturated carbocycles. The highest BCUT2D eigenvalue weighted by Gasteiger charge is 2.16. The Labute approximate surface area is 167 Å². The third-order valence-electron chi connectivity index (χ3n) is 4.89. The number of benzene rings is 1. The smallest absolute Gasteiger partial charge is 0.283 e. The van der Waals surface area contributed by atoms with Crippen LogP contribution in [0.25, 0.3) is 16.6 Å². The first kappa shape index (κ1) is 18.6. The van der Waals surface area contributed by atoms with Crippen LogP contribution in [0.1, 0.15) is 55.2 Å². The van der Waals surface area contributed by atoms with Gasteiger partial charge in [-0.05, 0) is 18.6 Å². The molecule has 1 aromatic carbocycles. The zero-order valence-electron chi connectivity index (χ0n) is 15.9. The number of allylic oxidation sites excluding steroid dienone is 1. The summed E-state index contributed by atoms with van der Waals surface area (Å²) in [4.78, 5) is 21.7. The second kappa shape index (κ2) is 8.06. The largest absolute Gasteiger partial charge is 0.383 e. The van der Waals surface area contributed by atoms with Gasteiger partial charge in [-0.15, -0.1) is 0 Å². The molecule has 0 atom stereocenters. The molecule has 6 nitrogen and oxygen atoms in total. The summed E-state index contributed by atoms with van der Waals surface area (Å²) in [5.74, 6) is 0.328. The van der Waals surface area contributed by atoms with Gasteiger partial charge in [0.25, 0.3) is 5.56 Å². The summed E-state index contributed by atoms with van der Waals surface area (Å²) < 4.78 is 1.60. The van der Waals surface area contributed by atoms with Gasteiger partial charge in [-0.2, -0.15) is 14.6 Å². The topological polar surface area (TPSA) is 85.6 Å². The van der Waals surface area contributed by atoms with Crippen LogP contribution in [0, 0.1) is 0 Å². The maximum Gasteiger partial charge on any atom is 0.283 e. The maximum absolute atomic E-state index is 12.6. The Hall–Kier alpha value is -2.80. The molecule has 7 heteroatoms. The Kier molecular flexibility index (Phi) is 5.34. The molecule has 1 aliphatic heterocycles. The van der Waals surface area contributed by atoms with E-state index in [1.165, 1.54) is 37.0 Å². The van der Waals surface area contributed by atoms with E-state index in [-0.39, 0.29) is 5.56 Å². The molecule has 0 bridgehead atoms. The van der Waals surface area contributed by atoms with Gasteiger partial charge in [0.05, 0.1) is 11.3 Å². The van der Waals surface area contributed by atoms with Crippen molar-refractivity contribution in [3.05, 3.63) is 50.8 Å². The number of nitrogens with two attached hydrogens (primary N) is 1. The molecule has 0 unspecified atom stereocenters. The predicted octanol–water partition coefficient (Wildman–Crippen LogP) is 4.50. The first-order valence-corrected chi connectivity index (χ1v) is 10.5. The first-order chi connectivity index (χ1) is 13.7. The van der Waals surface area contributed by atoms with Crippen LogP contribution in [-0.2, 0) is 6.42 Å². The summed E-state index contributed by atoms with van der Waals surface area (Å²) in [5, 5.41) is 5.56. The molecule has 28 heavy (non-hydrogen) atoms. The molecule has 144 valence electrons. The molecule has 0 amide bonds. The zero-order chi connectivity index (χ0) is 19.5. The Bertz CT molecular complexity index is 1130. The highest BCUT2D eigenvalue weighted by atomic mass is 32.1. The molecule has 2 N–H and O–H groups in total. The van der Waals surface area contributed by atoms with Gasteiger partial charge < -0.3 is 5.73 Å². The van der Waals surface area contributed by atoms with E-state index in [9.17, 15) is 4.79 Å². The van der Waals surface area contributed by atoms with Crippen molar-refractivity contribution < 1.29 is 0 Å². The molecule has 0 radical (unpaired) electrons. The molecule has 0 spiro atoms. The molecule has 4 rings (SSSR count). The number of aromatic nitrogens is 3. The van der Waals surface area contributed by atoms with Crippen LogP contribution in [0.15, 0.2) is 34.1 Å². The lowest BCUT2D eigenvalue weighted by molar-refractivity contribution is 0.629. The summed E-state index contributed by atoms with van der Waals surface area (Å²) in [6, 6.07) is 7.81. The van der Waals surface area contributed by atoms with E-state index in [1.807, 2.05) is 24.3 Å². The number of anilines is 1. The average molecular weight is 394 g/mol. The maximum atomic E-state index is 12.6. The highest BCUT2D eigenvalue weighted by molar-refractivity contribution is 7.16. The SMILES string of the molecule is CCCCCCCc1nn2c(N)c(C=C3C=Nc4ccccc43)c(=O)nc2s1. The average Bonchev–Trinajstić information content (AvgIpc) is 3.29. The monoisotopic (exact) mass is 393 g/mol. The number of aryl methyl sites for hydroxylation is 1. The quantitative estimate of drug-likeness (QED) is 0.599. The van der Waals surface area contributed by atoms with Crippen LogP contribution in [0.3, 0.4) is 0 Å². The van der Waals surface area contributed by atoms with E-state index in [2.05, 4.69) is 22.0 Å². The molecule has 3 aromatic rings. The van der Waals surface area contributed by atoms with E-state index >= 15 is 0 Å². The molecule has 0 saturated heterocycles. The number of rotatable bonds is 7. The van der Waals surface area contributed by atoms with Gasteiger partial charge in [0.1, 0.15) is 10.8 Å². The number of nitrogens with zero attached hydrogens (tertiary/aromatic N) is 4. The predicted molar refractivity (Wildman–Crippen MR) is 116 cm³/mol. The molecule has 1 aliphatic rings. The summed E-state index contributed by atoms with van der Waals surface area (Å²) in [6.07, 6.45) is 10.4. The van der Waals surface area contributed by atoms with Crippen molar-refractivity contribution in [3.8, 4) is 0 Å². The van der Waals surface area contributed by atoms with Crippen LogP contribution >= 0.6 is 11.3 Å². The van der Waals surface area contributed by atoms with Crippen LogP contribution < -0.4 is 11.3 Å². The van der Waals surface area contributed by atoms with E-state index in [1.54, 1.807) is 16.8 Å². The Balaban J connectivity index is 1.63. The third-order valence-corrected chi connectivity index (χ3v) is 5.85. The minimum absolute atomic E-state index is 0.328. The Morgan fingerprint density at radius 1 is 1.18 bits per heavy atom. The van der Waals surface area contributed by atoms with Gasteiger partial charge in [-0.25, -0.2) is 0 Å². The Morgan fingerprint density at radius 3 is 2.86 bits per heavy atom. The fourth-order valence-corrected chi connectivity index (χ4v) is 4.28. The number of hydrogen-bond donors (Lipinski definition) is 1. The van der Waals surface area contributed by atoms with Gasteiger partial charge in [0, 0.05) is 23.8 Å². The van der Waals surface area contributed by atoms with Crippen molar-refractivity contribution in [1.82, 2.24) is 14.6 Å². The summed E-state index contributed by atoms with van der Waals surface area (Å²) >= 11 is 1.44. The number of para-hydroxylation sites is 1. The van der Waals surface area contributed by atoms with Crippen molar-refractivity contribution in [2.75, 3.05) is 5.73 Å². The van der Waals surface area contributed by atoms with Gasteiger partial charge >= 0.3 is 0 Å². The lowest BCUT2D eigenvalue weighted by Gasteiger charge is -2.03. The van der Waals surface area contributed by atoms with Crippen LogP contribution in [-0.4, -0.2) is 20.8 Å². The Morgan fingerprint density at radius 2 is 2.00 bits per heavy atom. The van der Waals surface area contributed by atoms with Crippen LogP contribution in [0.4, 0.5) is 11.5 Å². The van der Waals surface area contributed by atoms with E-state index in [4.69, 9.17) is 5.73 Å². The lowest BCUT2D eigenvalue weighted by Crippen LogP contribution is -2.16. The van der Waals surface area contributed by atoms with Crippen LogP contribution in [0.2, 0.25) is 0 Å². The highest BCUT2D eigenvalue weighted by Crippen LogP contribution is 2.32. The van der Waals surface area contributed by atoms with E-state index in [0.717, 1.165) is 34.7 Å². The minimum Gasteiger partial charge on any atom is -0.383 e. The number of nitrogen functional groups attached to an aromatic ring is 1.